The highest BCUT2D eigenvalue weighted by molar-refractivity contribution is 7.07. The Labute approximate surface area is 216 Å². The SMILES string of the molecule is CCOC(=O)C1=C(C)N=c2s/c(=C/c3ccc(OC(C)=O)c(OC)c3)c(=O)n2[C@H]1c1ccc(OC)cc1. The highest BCUT2D eigenvalue weighted by Crippen LogP contribution is 2.32. The van der Waals surface area contributed by atoms with Crippen LogP contribution in [0.2, 0.25) is 0 Å². The maximum atomic E-state index is 13.7. The van der Waals surface area contributed by atoms with E-state index in [2.05, 4.69) is 4.99 Å². The second-order valence-electron chi connectivity index (χ2n) is 8.08. The van der Waals surface area contributed by atoms with Crippen molar-refractivity contribution in [1.29, 1.82) is 0 Å². The van der Waals surface area contributed by atoms with Gasteiger partial charge in [-0.25, -0.2) is 9.79 Å². The molecule has 1 atom stereocenters. The van der Waals surface area contributed by atoms with Crippen molar-refractivity contribution in [2.45, 2.75) is 26.8 Å². The van der Waals surface area contributed by atoms with Gasteiger partial charge in [0.25, 0.3) is 5.56 Å². The molecule has 0 spiro atoms. The first-order chi connectivity index (χ1) is 17.8. The maximum Gasteiger partial charge on any atom is 0.338 e. The van der Waals surface area contributed by atoms with E-state index in [-0.39, 0.29) is 17.9 Å². The summed E-state index contributed by atoms with van der Waals surface area (Å²) in [6.45, 7) is 4.96. The largest absolute Gasteiger partial charge is 0.497 e. The first-order valence-electron chi connectivity index (χ1n) is 11.5. The molecule has 0 saturated heterocycles. The van der Waals surface area contributed by atoms with Crippen LogP contribution in [-0.2, 0) is 14.3 Å². The van der Waals surface area contributed by atoms with Crippen molar-refractivity contribution in [3.63, 3.8) is 0 Å². The number of thiazole rings is 1. The molecule has 1 aliphatic heterocycles. The molecule has 3 aromatic rings. The average Bonchev–Trinajstić information content (AvgIpc) is 3.18. The van der Waals surface area contributed by atoms with Gasteiger partial charge in [0.1, 0.15) is 5.75 Å². The van der Waals surface area contributed by atoms with Crippen molar-refractivity contribution < 1.29 is 28.5 Å². The fourth-order valence-corrected chi connectivity index (χ4v) is 5.10. The molecule has 0 amide bonds. The number of rotatable bonds is 7. The number of carbonyl (C=O) groups excluding carboxylic acids is 2. The molecule has 2 aromatic carbocycles. The van der Waals surface area contributed by atoms with Gasteiger partial charge in [0.05, 0.1) is 42.7 Å². The number of aromatic nitrogens is 1. The van der Waals surface area contributed by atoms with Crippen molar-refractivity contribution in [2.24, 2.45) is 4.99 Å². The third kappa shape index (κ3) is 5.19. The zero-order valence-electron chi connectivity index (χ0n) is 21.1. The molecule has 0 unspecified atom stereocenters. The summed E-state index contributed by atoms with van der Waals surface area (Å²) in [5.74, 6) is 0.298. The number of hydrogen-bond acceptors (Lipinski definition) is 9. The lowest BCUT2D eigenvalue weighted by atomic mass is 9.96. The van der Waals surface area contributed by atoms with E-state index >= 15 is 0 Å². The van der Waals surface area contributed by atoms with Crippen molar-refractivity contribution in [2.75, 3.05) is 20.8 Å². The second kappa shape index (κ2) is 10.8. The van der Waals surface area contributed by atoms with Crippen molar-refractivity contribution >= 4 is 29.4 Å². The zero-order valence-corrected chi connectivity index (χ0v) is 21.9. The van der Waals surface area contributed by atoms with Crippen molar-refractivity contribution in [3.05, 3.63) is 84.5 Å². The van der Waals surface area contributed by atoms with Gasteiger partial charge in [0, 0.05) is 6.92 Å². The normalized spacial score (nSPS) is 15.1. The van der Waals surface area contributed by atoms with E-state index in [0.29, 0.717) is 37.7 Å². The summed E-state index contributed by atoms with van der Waals surface area (Å²) in [4.78, 5) is 43.1. The minimum Gasteiger partial charge on any atom is -0.497 e. The van der Waals surface area contributed by atoms with Gasteiger partial charge in [-0.1, -0.05) is 29.5 Å². The molecule has 192 valence electrons. The van der Waals surface area contributed by atoms with Gasteiger partial charge in [0.15, 0.2) is 16.3 Å². The van der Waals surface area contributed by atoms with E-state index in [1.54, 1.807) is 57.4 Å². The summed E-state index contributed by atoms with van der Waals surface area (Å²) >= 11 is 1.21. The number of hydrogen-bond donors (Lipinski definition) is 0. The molecule has 4 rings (SSSR count). The molecule has 0 saturated carbocycles. The quantitative estimate of drug-likeness (QED) is 0.347. The summed E-state index contributed by atoms with van der Waals surface area (Å²) in [5, 5.41) is 0. The van der Waals surface area contributed by atoms with Gasteiger partial charge >= 0.3 is 11.9 Å². The molecule has 0 aliphatic carbocycles. The molecule has 0 fully saturated rings. The Balaban J connectivity index is 1.88. The van der Waals surface area contributed by atoms with Crippen molar-refractivity contribution in [3.8, 4) is 17.2 Å². The van der Waals surface area contributed by atoms with Gasteiger partial charge in [-0.15, -0.1) is 0 Å². The summed E-state index contributed by atoms with van der Waals surface area (Å²) in [6, 6.07) is 11.5. The first-order valence-corrected chi connectivity index (χ1v) is 12.3. The van der Waals surface area contributed by atoms with Crippen LogP contribution in [0.15, 0.2) is 63.5 Å². The van der Waals surface area contributed by atoms with Crippen LogP contribution >= 0.6 is 11.3 Å². The molecule has 1 aromatic heterocycles. The number of ether oxygens (including phenoxy) is 4. The predicted molar refractivity (Wildman–Crippen MR) is 138 cm³/mol. The Kier molecular flexibility index (Phi) is 7.58. The number of carbonyl (C=O) groups is 2. The Bertz CT molecular complexity index is 1570. The summed E-state index contributed by atoms with van der Waals surface area (Å²) in [7, 11) is 3.04. The maximum absolute atomic E-state index is 13.7. The molecule has 0 radical (unpaired) electrons. The van der Waals surface area contributed by atoms with Gasteiger partial charge < -0.3 is 18.9 Å². The number of esters is 2. The Morgan fingerprint density at radius 1 is 1.08 bits per heavy atom. The highest BCUT2D eigenvalue weighted by Gasteiger charge is 2.33. The summed E-state index contributed by atoms with van der Waals surface area (Å²) in [5.41, 5.74) is 1.87. The zero-order chi connectivity index (χ0) is 26.7. The van der Waals surface area contributed by atoms with Crippen LogP contribution in [0.3, 0.4) is 0 Å². The van der Waals surface area contributed by atoms with Gasteiger partial charge in [-0.05, 0) is 55.3 Å². The van der Waals surface area contributed by atoms with Gasteiger partial charge in [0.2, 0.25) is 0 Å². The van der Waals surface area contributed by atoms with E-state index in [4.69, 9.17) is 18.9 Å². The Morgan fingerprint density at radius 3 is 2.43 bits per heavy atom. The van der Waals surface area contributed by atoms with Gasteiger partial charge in [-0.2, -0.15) is 0 Å². The lowest BCUT2D eigenvalue weighted by molar-refractivity contribution is -0.139. The fourth-order valence-electron chi connectivity index (χ4n) is 4.06. The minimum absolute atomic E-state index is 0.195. The van der Waals surface area contributed by atoms with E-state index in [1.165, 1.54) is 29.9 Å². The lowest BCUT2D eigenvalue weighted by Crippen LogP contribution is -2.39. The second-order valence-corrected chi connectivity index (χ2v) is 9.09. The molecule has 37 heavy (non-hydrogen) atoms. The van der Waals surface area contributed by atoms with E-state index in [1.807, 2.05) is 12.1 Å². The summed E-state index contributed by atoms with van der Waals surface area (Å²) < 4.78 is 23.0. The molecule has 10 heteroatoms. The number of methoxy groups -OCH3 is 2. The Morgan fingerprint density at radius 2 is 1.81 bits per heavy atom. The van der Waals surface area contributed by atoms with Gasteiger partial charge in [-0.3, -0.25) is 14.2 Å². The van der Waals surface area contributed by atoms with E-state index < -0.39 is 18.0 Å². The topological polar surface area (TPSA) is 105 Å². The number of nitrogens with zero attached hydrogens (tertiary/aromatic N) is 2. The smallest absolute Gasteiger partial charge is 0.338 e. The third-order valence-electron chi connectivity index (χ3n) is 5.69. The van der Waals surface area contributed by atoms with Crippen molar-refractivity contribution in [1.82, 2.24) is 4.57 Å². The molecule has 1 aliphatic rings. The van der Waals surface area contributed by atoms with Crippen LogP contribution in [0, 0.1) is 0 Å². The third-order valence-corrected chi connectivity index (χ3v) is 6.67. The molecular weight excluding hydrogens is 496 g/mol. The van der Waals surface area contributed by atoms with Crippen LogP contribution in [0.25, 0.3) is 6.08 Å². The van der Waals surface area contributed by atoms with Crippen LogP contribution < -0.4 is 29.1 Å². The number of benzene rings is 2. The standard InChI is InChI=1S/C27H26N2O7S/c1-6-35-26(32)23-15(2)28-27-29(24(23)18-8-10-19(33-4)11-9-18)25(31)22(37-27)14-17-7-12-20(36-16(3)30)21(13-17)34-5/h7-14,24H,6H2,1-5H3/b22-14+/t24-/m0/s1. The van der Waals surface area contributed by atoms with Crippen LogP contribution in [-0.4, -0.2) is 37.3 Å². The molecule has 0 N–H and O–H groups in total. The van der Waals surface area contributed by atoms with Crippen LogP contribution in [0.1, 0.15) is 37.9 Å². The predicted octanol–water partition coefficient (Wildman–Crippen LogP) is 2.74. The molecule has 9 nitrogen and oxygen atoms in total. The molecule has 0 bridgehead atoms. The molecular formula is C27H26N2O7S. The van der Waals surface area contributed by atoms with E-state index in [0.717, 1.165) is 5.56 Å². The highest BCUT2D eigenvalue weighted by atomic mass is 32.1. The van der Waals surface area contributed by atoms with Crippen LogP contribution in [0.5, 0.6) is 17.2 Å². The monoisotopic (exact) mass is 522 g/mol. The number of allylic oxidation sites excluding steroid dienone is 1. The van der Waals surface area contributed by atoms with E-state index in [9.17, 15) is 14.4 Å². The molecule has 2 heterocycles. The number of fused-ring (bicyclic) bond motifs is 1. The fraction of sp³-hybridized carbons (Fsp3) is 0.259. The Hall–Kier alpha value is -4.18. The summed E-state index contributed by atoms with van der Waals surface area (Å²) in [6.07, 6.45) is 1.71. The first kappa shape index (κ1) is 25.9. The average molecular weight is 523 g/mol. The van der Waals surface area contributed by atoms with Crippen LogP contribution in [0.4, 0.5) is 0 Å². The lowest BCUT2D eigenvalue weighted by Gasteiger charge is -2.24. The minimum atomic E-state index is -0.718.